The molecule has 1 heterocycles. The summed E-state index contributed by atoms with van der Waals surface area (Å²) in [6.45, 7) is 0. The van der Waals surface area contributed by atoms with E-state index in [1.165, 1.54) is 6.20 Å². The topological polar surface area (TPSA) is 79.3 Å². The van der Waals surface area contributed by atoms with Gasteiger partial charge in [0.25, 0.3) is 5.91 Å². The molecule has 0 atom stereocenters. The number of benzene rings is 1. The molecule has 0 unspecified atom stereocenters. The average Bonchev–Trinajstić information content (AvgIpc) is 2.44. The highest BCUT2D eigenvalue weighted by atomic mass is 19.2. The average molecular weight is 296 g/mol. The third-order valence-electron chi connectivity index (χ3n) is 2.55. The monoisotopic (exact) mass is 296 g/mol. The second-order valence-corrected chi connectivity index (χ2v) is 3.93. The first-order valence-electron chi connectivity index (χ1n) is 5.53. The normalized spacial score (nSPS) is 10.2. The minimum Gasteiger partial charge on any atom is -0.478 e. The molecular formula is C13H7F3N2O3. The quantitative estimate of drug-likeness (QED) is 0.853. The Labute approximate surface area is 116 Å². The maximum absolute atomic E-state index is 13.0. The Kier molecular flexibility index (Phi) is 3.88. The first-order valence-corrected chi connectivity index (χ1v) is 5.53. The molecular weight excluding hydrogens is 289 g/mol. The number of carbonyl (C=O) groups is 2. The van der Waals surface area contributed by atoms with Crippen LogP contribution in [-0.4, -0.2) is 22.0 Å². The molecule has 0 spiro atoms. The number of amides is 1. The molecule has 0 saturated carbocycles. The Morgan fingerprint density at radius 1 is 1.14 bits per heavy atom. The van der Waals surface area contributed by atoms with E-state index in [9.17, 15) is 22.8 Å². The highest BCUT2D eigenvalue weighted by molar-refractivity contribution is 6.07. The maximum Gasteiger partial charge on any atom is 0.337 e. The van der Waals surface area contributed by atoms with Crippen molar-refractivity contribution in [2.75, 3.05) is 5.32 Å². The van der Waals surface area contributed by atoms with E-state index < -0.39 is 34.9 Å². The van der Waals surface area contributed by atoms with Gasteiger partial charge in [-0.05, 0) is 18.2 Å². The van der Waals surface area contributed by atoms with Gasteiger partial charge in [-0.2, -0.15) is 0 Å². The summed E-state index contributed by atoms with van der Waals surface area (Å²) in [4.78, 5) is 26.4. The molecule has 1 amide bonds. The molecule has 0 bridgehead atoms. The zero-order valence-electron chi connectivity index (χ0n) is 10.2. The molecule has 21 heavy (non-hydrogen) atoms. The van der Waals surface area contributed by atoms with Gasteiger partial charge in [0, 0.05) is 11.8 Å². The summed E-state index contributed by atoms with van der Waals surface area (Å²) >= 11 is 0. The Morgan fingerprint density at radius 3 is 2.33 bits per heavy atom. The van der Waals surface area contributed by atoms with Crippen molar-refractivity contribution in [1.82, 2.24) is 4.98 Å². The molecule has 0 aliphatic carbocycles. The number of carbonyl (C=O) groups excluding carboxylic acids is 1. The van der Waals surface area contributed by atoms with Crippen molar-refractivity contribution >= 4 is 17.6 Å². The van der Waals surface area contributed by atoms with Gasteiger partial charge in [0.1, 0.15) is 0 Å². The first kappa shape index (κ1) is 14.5. The number of nitrogens with zero attached hydrogens (tertiary/aromatic N) is 1. The lowest BCUT2D eigenvalue weighted by molar-refractivity contribution is 0.0698. The van der Waals surface area contributed by atoms with Crippen LogP contribution < -0.4 is 5.32 Å². The van der Waals surface area contributed by atoms with Crippen molar-refractivity contribution in [3.05, 3.63) is 59.2 Å². The van der Waals surface area contributed by atoms with Crippen molar-refractivity contribution < 1.29 is 27.9 Å². The molecule has 0 saturated heterocycles. The highest BCUT2D eigenvalue weighted by Gasteiger charge is 2.17. The highest BCUT2D eigenvalue weighted by Crippen LogP contribution is 2.17. The Balaban J connectivity index is 2.33. The fourth-order valence-electron chi connectivity index (χ4n) is 1.56. The molecule has 0 aliphatic rings. The number of anilines is 1. The second-order valence-electron chi connectivity index (χ2n) is 3.93. The zero-order chi connectivity index (χ0) is 15.6. The Bertz CT molecular complexity index is 711. The fraction of sp³-hybridized carbons (Fsp3) is 0. The molecule has 2 aromatic rings. The molecule has 2 N–H and O–H groups in total. The van der Waals surface area contributed by atoms with E-state index >= 15 is 0 Å². The van der Waals surface area contributed by atoms with Crippen molar-refractivity contribution in [2.24, 2.45) is 0 Å². The van der Waals surface area contributed by atoms with Crippen LogP contribution in [0.1, 0.15) is 20.7 Å². The Hall–Kier alpha value is -2.90. The van der Waals surface area contributed by atoms with E-state index in [0.717, 1.165) is 12.3 Å². The van der Waals surface area contributed by atoms with Crippen LogP contribution in [0.3, 0.4) is 0 Å². The lowest BCUT2D eigenvalue weighted by Gasteiger charge is -2.08. The van der Waals surface area contributed by atoms with Crippen LogP contribution in [0.2, 0.25) is 0 Å². The van der Waals surface area contributed by atoms with Gasteiger partial charge in [-0.15, -0.1) is 0 Å². The summed E-state index contributed by atoms with van der Waals surface area (Å²) in [6.07, 6.45) is 2.27. The first-order chi connectivity index (χ1) is 9.90. The zero-order valence-corrected chi connectivity index (χ0v) is 10.2. The maximum atomic E-state index is 13.0. The van der Waals surface area contributed by atoms with E-state index in [1.807, 2.05) is 0 Å². The van der Waals surface area contributed by atoms with Crippen LogP contribution in [0.4, 0.5) is 18.9 Å². The van der Waals surface area contributed by atoms with Gasteiger partial charge in [-0.3, -0.25) is 9.78 Å². The number of nitrogens with one attached hydrogen (secondary N) is 1. The van der Waals surface area contributed by atoms with Crippen molar-refractivity contribution in [3.8, 4) is 0 Å². The number of halogens is 3. The molecule has 0 fully saturated rings. The number of carboxylic acids is 1. The van der Waals surface area contributed by atoms with Crippen molar-refractivity contribution in [2.45, 2.75) is 0 Å². The number of aromatic nitrogens is 1. The van der Waals surface area contributed by atoms with Crippen LogP contribution in [0, 0.1) is 17.5 Å². The van der Waals surface area contributed by atoms with Crippen LogP contribution >= 0.6 is 0 Å². The van der Waals surface area contributed by atoms with E-state index in [1.54, 1.807) is 0 Å². The number of rotatable bonds is 3. The van der Waals surface area contributed by atoms with Crippen LogP contribution in [-0.2, 0) is 0 Å². The number of hydrogen-bond acceptors (Lipinski definition) is 3. The molecule has 8 heteroatoms. The van der Waals surface area contributed by atoms with Crippen LogP contribution in [0.5, 0.6) is 0 Å². The van der Waals surface area contributed by atoms with Gasteiger partial charge in [0.15, 0.2) is 17.5 Å². The summed E-state index contributed by atoms with van der Waals surface area (Å²) in [5.74, 6) is -7.05. The van der Waals surface area contributed by atoms with Gasteiger partial charge in [0.2, 0.25) is 0 Å². The van der Waals surface area contributed by atoms with Gasteiger partial charge in [-0.25, -0.2) is 18.0 Å². The van der Waals surface area contributed by atoms with E-state index in [4.69, 9.17) is 5.11 Å². The summed E-state index contributed by atoms with van der Waals surface area (Å²) in [5, 5.41) is 11.1. The van der Waals surface area contributed by atoms with Gasteiger partial charge < -0.3 is 10.4 Å². The number of carboxylic acid groups (broad SMARTS) is 1. The van der Waals surface area contributed by atoms with Crippen LogP contribution in [0.25, 0.3) is 0 Å². The fourth-order valence-corrected chi connectivity index (χ4v) is 1.56. The summed E-state index contributed by atoms with van der Waals surface area (Å²) in [5.41, 5.74) is -0.895. The largest absolute Gasteiger partial charge is 0.478 e. The van der Waals surface area contributed by atoms with Gasteiger partial charge in [0.05, 0.1) is 17.4 Å². The standard InChI is InChI=1S/C13H7F3N2O3/c14-8-3-6(4-9(15)11(8)16)12(19)18-10-5-17-2-1-7(10)13(20)21/h1-5H,(H,18,19)(H,20,21). The summed E-state index contributed by atoms with van der Waals surface area (Å²) in [6, 6.07) is 2.15. The lowest BCUT2D eigenvalue weighted by Crippen LogP contribution is -2.16. The third kappa shape index (κ3) is 2.99. The molecule has 5 nitrogen and oxygen atoms in total. The minimum absolute atomic E-state index is 0.153. The number of hydrogen-bond donors (Lipinski definition) is 2. The number of pyridine rings is 1. The van der Waals surface area contributed by atoms with E-state index in [-0.39, 0.29) is 11.3 Å². The molecule has 2 rings (SSSR count). The minimum atomic E-state index is -1.70. The van der Waals surface area contributed by atoms with Gasteiger partial charge >= 0.3 is 5.97 Å². The van der Waals surface area contributed by atoms with Crippen LogP contribution in [0.15, 0.2) is 30.6 Å². The van der Waals surface area contributed by atoms with E-state index in [2.05, 4.69) is 10.3 Å². The predicted molar refractivity (Wildman–Crippen MR) is 65.5 cm³/mol. The van der Waals surface area contributed by atoms with Crippen molar-refractivity contribution in [1.29, 1.82) is 0 Å². The smallest absolute Gasteiger partial charge is 0.337 e. The second kappa shape index (κ2) is 5.61. The lowest BCUT2D eigenvalue weighted by atomic mass is 10.1. The summed E-state index contributed by atoms with van der Waals surface area (Å²) < 4.78 is 38.9. The number of aromatic carboxylic acids is 1. The van der Waals surface area contributed by atoms with Crippen molar-refractivity contribution in [3.63, 3.8) is 0 Å². The molecule has 0 radical (unpaired) electrons. The SMILES string of the molecule is O=C(Nc1cnccc1C(=O)O)c1cc(F)c(F)c(F)c1. The predicted octanol–water partition coefficient (Wildman–Crippen LogP) is 2.45. The summed E-state index contributed by atoms with van der Waals surface area (Å²) in [7, 11) is 0. The molecule has 0 aliphatic heterocycles. The molecule has 1 aromatic heterocycles. The molecule has 1 aromatic carbocycles. The van der Waals surface area contributed by atoms with E-state index in [0.29, 0.717) is 12.1 Å². The molecule has 108 valence electrons. The Morgan fingerprint density at radius 2 is 1.76 bits per heavy atom. The van der Waals surface area contributed by atoms with Gasteiger partial charge in [-0.1, -0.05) is 0 Å². The third-order valence-corrected chi connectivity index (χ3v) is 2.55.